The Bertz CT molecular complexity index is 740. The van der Waals surface area contributed by atoms with Crippen molar-refractivity contribution in [3.05, 3.63) is 63.6 Å². The highest BCUT2D eigenvalue weighted by atomic mass is 35.5. The van der Waals surface area contributed by atoms with Crippen LogP contribution in [-0.2, 0) is 10.5 Å². The number of ether oxygens (including phenoxy) is 1. The minimum Gasteiger partial charge on any atom is -0.480 e. The number of carbonyl (C=O) groups excluding carboxylic acids is 1. The van der Waals surface area contributed by atoms with E-state index in [0.717, 1.165) is 28.4 Å². The lowest BCUT2D eigenvalue weighted by molar-refractivity contribution is -0.128. The highest BCUT2D eigenvalue weighted by Crippen LogP contribution is 2.24. The number of benzene rings is 2. The molecule has 0 saturated heterocycles. The monoisotopic (exact) mass is 411 g/mol. The summed E-state index contributed by atoms with van der Waals surface area (Å²) in [5, 5.41) is 4.25. The van der Waals surface area contributed by atoms with Crippen LogP contribution in [0.15, 0.2) is 42.5 Å². The van der Waals surface area contributed by atoms with E-state index in [4.69, 9.17) is 27.9 Å². The lowest BCUT2D eigenvalue weighted by Crippen LogP contribution is -2.39. The molecule has 1 N–H and O–H groups in total. The van der Waals surface area contributed by atoms with Gasteiger partial charge in [-0.15, -0.1) is 0 Å². The zero-order valence-electron chi connectivity index (χ0n) is 14.9. The molecule has 2 rings (SSSR count). The van der Waals surface area contributed by atoms with Gasteiger partial charge in [0.2, 0.25) is 0 Å². The Balaban J connectivity index is 1.74. The van der Waals surface area contributed by atoms with Gasteiger partial charge in [0.1, 0.15) is 5.75 Å². The van der Waals surface area contributed by atoms with Gasteiger partial charge in [0.15, 0.2) is 6.10 Å². The molecule has 1 atom stereocenters. The maximum atomic E-state index is 12.3. The van der Waals surface area contributed by atoms with E-state index in [1.165, 1.54) is 0 Å². The SMILES string of the molecule is CC[C@@H](Oc1ccccc1C)C(=O)NCCSCc1ccc(Cl)cc1Cl. The molecule has 0 aromatic heterocycles. The number of thioether (sulfide) groups is 1. The van der Waals surface area contributed by atoms with Crippen molar-refractivity contribution < 1.29 is 9.53 Å². The zero-order valence-corrected chi connectivity index (χ0v) is 17.3. The summed E-state index contributed by atoms with van der Waals surface area (Å²) in [5.41, 5.74) is 2.07. The maximum absolute atomic E-state index is 12.3. The van der Waals surface area contributed by atoms with Crippen LogP contribution in [0.4, 0.5) is 0 Å². The summed E-state index contributed by atoms with van der Waals surface area (Å²) in [6.45, 7) is 4.50. The summed E-state index contributed by atoms with van der Waals surface area (Å²) < 4.78 is 5.86. The van der Waals surface area contributed by atoms with Gasteiger partial charge in [-0.2, -0.15) is 11.8 Å². The summed E-state index contributed by atoms with van der Waals surface area (Å²) >= 11 is 13.8. The Morgan fingerprint density at radius 1 is 1.23 bits per heavy atom. The lowest BCUT2D eigenvalue weighted by atomic mass is 10.2. The van der Waals surface area contributed by atoms with E-state index in [1.54, 1.807) is 17.8 Å². The Labute approximate surface area is 169 Å². The van der Waals surface area contributed by atoms with Gasteiger partial charge in [0, 0.05) is 28.1 Å². The van der Waals surface area contributed by atoms with E-state index < -0.39 is 6.10 Å². The molecule has 2 aromatic rings. The number of amides is 1. The van der Waals surface area contributed by atoms with Crippen LogP contribution in [-0.4, -0.2) is 24.3 Å². The van der Waals surface area contributed by atoms with Crippen molar-refractivity contribution in [1.82, 2.24) is 5.32 Å². The number of carbonyl (C=O) groups is 1. The molecule has 0 unspecified atom stereocenters. The number of hydrogen-bond acceptors (Lipinski definition) is 3. The Morgan fingerprint density at radius 2 is 2.00 bits per heavy atom. The van der Waals surface area contributed by atoms with Crippen LogP contribution < -0.4 is 10.1 Å². The van der Waals surface area contributed by atoms with E-state index in [2.05, 4.69) is 5.32 Å². The number of rotatable bonds is 9. The van der Waals surface area contributed by atoms with Gasteiger partial charge >= 0.3 is 0 Å². The first-order valence-corrected chi connectivity index (χ1v) is 10.4. The van der Waals surface area contributed by atoms with Gasteiger partial charge in [-0.25, -0.2) is 0 Å². The zero-order chi connectivity index (χ0) is 18.9. The van der Waals surface area contributed by atoms with Crippen LogP contribution in [0.2, 0.25) is 10.0 Å². The van der Waals surface area contributed by atoms with Crippen molar-refractivity contribution in [2.75, 3.05) is 12.3 Å². The Morgan fingerprint density at radius 3 is 2.69 bits per heavy atom. The molecule has 0 radical (unpaired) electrons. The minimum absolute atomic E-state index is 0.0825. The van der Waals surface area contributed by atoms with E-state index in [1.807, 2.05) is 50.2 Å². The maximum Gasteiger partial charge on any atom is 0.261 e. The number of aryl methyl sites for hydroxylation is 1. The van der Waals surface area contributed by atoms with Gasteiger partial charge in [-0.3, -0.25) is 4.79 Å². The molecule has 0 fully saturated rings. The molecule has 2 aromatic carbocycles. The first-order valence-electron chi connectivity index (χ1n) is 8.53. The number of hydrogen-bond donors (Lipinski definition) is 1. The number of nitrogens with one attached hydrogen (secondary N) is 1. The quantitative estimate of drug-likeness (QED) is 0.552. The van der Waals surface area contributed by atoms with E-state index >= 15 is 0 Å². The van der Waals surface area contributed by atoms with Gasteiger partial charge in [-0.1, -0.05) is 54.4 Å². The summed E-state index contributed by atoms with van der Waals surface area (Å²) in [6.07, 6.45) is 0.139. The largest absolute Gasteiger partial charge is 0.480 e. The fraction of sp³-hybridized carbons (Fsp3) is 0.350. The van der Waals surface area contributed by atoms with Gasteiger partial charge in [-0.05, 0) is 42.7 Å². The lowest BCUT2D eigenvalue weighted by Gasteiger charge is -2.18. The molecule has 6 heteroatoms. The third kappa shape index (κ3) is 6.42. The van der Waals surface area contributed by atoms with Crippen molar-refractivity contribution >= 4 is 40.9 Å². The molecular formula is C20H23Cl2NO2S. The molecule has 1 amide bonds. The van der Waals surface area contributed by atoms with Crippen LogP contribution in [0.1, 0.15) is 24.5 Å². The summed E-state index contributed by atoms with van der Waals surface area (Å²) in [4.78, 5) is 12.3. The predicted octanol–water partition coefficient (Wildman–Crippen LogP) is 5.51. The van der Waals surface area contributed by atoms with Crippen molar-refractivity contribution in [2.45, 2.75) is 32.1 Å². The van der Waals surface area contributed by atoms with E-state index in [0.29, 0.717) is 23.0 Å². The Kier molecular flexibility index (Phi) is 8.63. The summed E-state index contributed by atoms with van der Waals surface area (Å²) in [5.74, 6) is 2.25. The van der Waals surface area contributed by atoms with Gasteiger partial charge in [0.05, 0.1) is 0 Å². The molecule has 140 valence electrons. The molecular weight excluding hydrogens is 389 g/mol. The highest BCUT2D eigenvalue weighted by Gasteiger charge is 2.18. The minimum atomic E-state index is -0.480. The topological polar surface area (TPSA) is 38.3 Å². The highest BCUT2D eigenvalue weighted by molar-refractivity contribution is 7.98. The average Bonchev–Trinajstić information content (AvgIpc) is 2.62. The van der Waals surface area contributed by atoms with Gasteiger partial charge in [0.25, 0.3) is 5.91 Å². The number of halogens is 2. The molecule has 0 heterocycles. The molecule has 0 saturated carbocycles. The third-order valence-corrected chi connectivity index (χ3v) is 5.44. The van der Waals surface area contributed by atoms with Crippen molar-refractivity contribution in [3.63, 3.8) is 0 Å². The second-order valence-corrected chi connectivity index (χ2v) is 7.81. The predicted molar refractivity (Wildman–Crippen MR) is 112 cm³/mol. The van der Waals surface area contributed by atoms with Crippen LogP contribution in [0.3, 0.4) is 0 Å². The molecule has 0 aliphatic heterocycles. The molecule has 3 nitrogen and oxygen atoms in total. The van der Waals surface area contributed by atoms with Crippen molar-refractivity contribution in [3.8, 4) is 5.75 Å². The fourth-order valence-corrected chi connectivity index (χ4v) is 3.76. The standard InChI is InChI=1S/C20H23Cl2NO2S/c1-3-18(25-19-7-5-4-6-14(19)2)20(24)23-10-11-26-13-15-8-9-16(21)12-17(15)22/h4-9,12,18H,3,10-11,13H2,1-2H3,(H,23,24)/t18-/m1/s1. The van der Waals surface area contributed by atoms with Crippen molar-refractivity contribution in [1.29, 1.82) is 0 Å². The van der Waals surface area contributed by atoms with Crippen LogP contribution >= 0.6 is 35.0 Å². The first kappa shape index (κ1) is 20.9. The third-order valence-electron chi connectivity index (χ3n) is 3.84. The first-order chi connectivity index (χ1) is 12.5. The second kappa shape index (κ2) is 10.7. The normalized spacial score (nSPS) is 11.8. The smallest absolute Gasteiger partial charge is 0.261 e. The Hall–Kier alpha value is -1.36. The van der Waals surface area contributed by atoms with E-state index in [9.17, 15) is 4.79 Å². The fourth-order valence-electron chi connectivity index (χ4n) is 2.35. The molecule has 0 aliphatic rings. The average molecular weight is 412 g/mol. The van der Waals surface area contributed by atoms with Gasteiger partial charge < -0.3 is 10.1 Å². The van der Waals surface area contributed by atoms with Crippen LogP contribution in [0.5, 0.6) is 5.75 Å². The molecule has 26 heavy (non-hydrogen) atoms. The molecule has 0 spiro atoms. The second-order valence-electron chi connectivity index (χ2n) is 5.86. The summed E-state index contributed by atoms with van der Waals surface area (Å²) in [6, 6.07) is 13.2. The van der Waals surface area contributed by atoms with Crippen LogP contribution in [0.25, 0.3) is 0 Å². The molecule has 0 bridgehead atoms. The molecule has 0 aliphatic carbocycles. The van der Waals surface area contributed by atoms with Crippen LogP contribution in [0, 0.1) is 6.92 Å². The summed E-state index contributed by atoms with van der Waals surface area (Å²) in [7, 11) is 0. The van der Waals surface area contributed by atoms with Crippen molar-refractivity contribution in [2.24, 2.45) is 0 Å². The number of para-hydroxylation sites is 1. The van der Waals surface area contributed by atoms with E-state index in [-0.39, 0.29) is 5.91 Å².